The number of hydrogen-bond acceptors (Lipinski definition) is 2. The first-order chi connectivity index (χ1) is 7.72. The van der Waals surface area contributed by atoms with Gasteiger partial charge in [0.05, 0.1) is 17.4 Å². The van der Waals surface area contributed by atoms with Crippen LogP contribution in [-0.4, -0.2) is 28.1 Å². The third kappa shape index (κ3) is 2.39. The number of benzene rings is 1. The number of rotatable bonds is 3. The number of nitrogens with zero attached hydrogens (tertiary/aromatic N) is 1. The van der Waals surface area contributed by atoms with Crippen molar-refractivity contribution in [1.29, 1.82) is 0 Å². The van der Waals surface area contributed by atoms with Gasteiger partial charge in [-0.25, -0.2) is 4.39 Å². The second-order valence-corrected chi connectivity index (χ2v) is 5.59. The van der Waals surface area contributed by atoms with E-state index in [2.05, 4.69) is 0 Å². The van der Waals surface area contributed by atoms with Gasteiger partial charge in [0.1, 0.15) is 6.67 Å². The number of aryl methyl sites for hydroxylation is 1. The molecule has 1 saturated heterocycles. The molecule has 1 heterocycles. The minimum Gasteiger partial charge on any atom is -0.593 e. The van der Waals surface area contributed by atoms with Crippen molar-refractivity contribution in [2.45, 2.75) is 30.7 Å². The van der Waals surface area contributed by atoms with Crippen LogP contribution in [0.5, 0.6) is 0 Å². The van der Waals surface area contributed by atoms with E-state index >= 15 is 0 Å². The number of alkyl halides is 1. The summed E-state index contributed by atoms with van der Waals surface area (Å²) in [5, 5.41) is 0. The Kier molecular flexibility index (Phi) is 3.84. The normalized spacial score (nSPS) is 23.6. The van der Waals surface area contributed by atoms with Crippen LogP contribution >= 0.6 is 0 Å². The zero-order valence-electron chi connectivity index (χ0n) is 9.36. The van der Waals surface area contributed by atoms with E-state index in [4.69, 9.17) is 0 Å². The first-order valence-corrected chi connectivity index (χ1v) is 6.64. The molecular formula is C12H16FNOS. The third-order valence-electron chi connectivity index (χ3n) is 2.94. The molecule has 88 valence electrons. The van der Waals surface area contributed by atoms with E-state index in [1.54, 1.807) is 4.31 Å². The minimum absolute atomic E-state index is 0.165. The molecule has 1 fully saturated rings. The molecule has 1 aliphatic rings. The van der Waals surface area contributed by atoms with Gasteiger partial charge < -0.3 is 4.55 Å². The maximum absolute atomic E-state index is 12.7. The molecule has 0 amide bonds. The molecule has 0 spiro atoms. The van der Waals surface area contributed by atoms with E-state index in [-0.39, 0.29) is 6.04 Å². The lowest BCUT2D eigenvalue weighted by molar-refractivity contribution is 0.311. The van der Waals surface area contributed by atoms with Crippen molar-refractivity contribution in [3.05, 3.63) is 29.8 Å². The predicted octanol–water partition coefficient (Wildman–Crippen LogP) is 2.45. The van der Waals surface area contributed by atoms with E-state index in [0.717, 1.165) is 29.8 Å². The molecule has 1 aromatic carbocycles. The lowest BCUT2D eigenvalue weighted by atomic mass is 10.2. The van der Waals surface area contributed by atoms with Crippen molar-refractivity contribution >= 4 is 11.4 Å². The van der Waals surface area contributed by atoms with Crippen molar-refractivity contribution < 1.29 is 8.94 Å². The summed E-state index contributed by atoms with van der Waals surface area (Å²) in [6.07, 6.45) is 1.75. The SMILES string of the molecule is Cc1ccc([S+]([O-])N2CCC[C@@H]2CF)cc1. The third-order valence-corrected chi connectivity index (χ3v) is 4.52. The fraction of sp³-hybridized carbons (Fsp3) is 0.500. The molecule has 1 aliphatic heterocycles. The summed E-state index contributed by atoms with van der Waals surface area (Å²) in [5.74, 6) is 0. The standard InChI is InChI=1S/C12H16FNOS/c1-10-4-6-12(7-5-10)16(15)14-8-2-3-11(14)9-13/h4-7,11H,2-3,8-9H2,1H3/t11-,16?/m1/s1. The summed E-state index contributed by atoms with van der Waals surface area (Å²) >= 11 is -1.20. The Bertz CT molecular complexity index is 343. The summed E-state index contributed by atoms with van der Waals surface area (Å²) in [6.45, 7) is 2.32. The molecule has 1 aromatic rings. The molecule has 0 N–H and O–H groups in total. The van der Waals surface area contributed by atoms with E-state index < -0.39 is 18.0 Å². The molecule has 0 aliphatic carbocycles. The molecule has 0 saturated carbocycles. The van der Waals surface area contributed by atoms with Gasteiger partial charge in [0.15, 0.2) is 4.90 Å². The molecule has 1 unspecified atom stereocenters. The van der Waals surface area contributed by atoms with Crippen LogP contribution in [0.4, 0.5) is 4.39 Å². The highest BCUT2D eigenvalue weighted by Gasteiger charge is 2.34. The Morgan fingerprint density at radius 1 is 1.44 bits per heavy atom. The largest absolute Gasteiger partial charge is 0.593 e. The van der Waals surface area contributed by atoms with Crippen LogP contribution in [0.25, 0.3) is 0 Å². The molecule has 0 bridgehead atoms. The zero-order chi connectivity index (χ0) is 11.5. The second kappa shape index (κ2) is 5.17. The van der Waals surface area contributed by atoms with Gasteiger partial charge in [-0.3, -0.25) is 0 Å². The van der Waals surface area contributed by atoms with Crippen LogP contribution in [0, 0.1) is 6.92 Å². The Labute approximate surface area is 98.8 Å². The average molecular weight is 241 g/mol. The fourth-order valence-corrected chi connectivity index (χ4v) is 3.34. The fourth-order valence-electron chi connectivity index (χ4n) is 1.97. The summed E-state index contributed by atoms with van der Waals surface area (Å²) in [4.78, 5) is 0.769. The average Bonchev–Trinajstić information content (AvgIpc) is 2.77. The van der Waals surface area contributed by atoms with Crippen LogP contribution < -0.4 is 0 Å². The molecule has 2 rings (SSSR count). The molecule has 2 nitrogen and oxygen atoms in total. The maximum atomic E-state index is 12.7. The van der Waals surface area contributed by atoms with Crippen LogP contribution in [0.15, 0.2) is 29.2 Å². The Morgan fingerprint density at radius 2 is 2.12 bits per heavy atom. The lowest BCUT2D eigenvalue weighted by Crippen LogP contribution is -2.36. The monoisotopic (exact) mass is 241 g/mol. The summed E-state index contributed by atoms with van der Waals surface area (Å²) in [5.41, 5.74) is 1.14. The highest BCUT2D eigenvalue weighted by atomic mass is 32.2. The van der Waals surface area contributed by atoms with E-state index in [9.17, 15) is 8.94 Å². The quantitative estimate of drug-likeness (QED) is 0.760. The lowest BCUT2D eigenvalue weighted by Gasteiger charge is -2.23. The smallest absolute Gasteiger partial charge is 0.174 e. The van der Waals surface area contributed by atoms with Crippen LogP contribution in [0.3, 0.4) is 0 Å². The topological polar surface area (TPSA) is 26.3 Å². The molecule has 0 radical (unpaired) electrons. The van der Waals surface area contributed by atoms with Crippen molar-refractivity contribution in [3.63, 3.8) is 0 Å². The van der Waals surface area contributed by atoms with Gasteiger partial charge in [0.2, 0.25) is 0 Å². The molecule has 0 aromatic heterocycles. The zero-order valence-corrected chi connectivity index (χ0v) is 10.2. The highest BCUT2D eigenvalue weighted by molar-refractivity contribution is 7.89. The van der Waals surface area contributed by atoms with E-state index in [1.807, 2.05) is 31.2 Å². The van der Waals surface area contributed by atoms with Gasteiger partial charge in [-0.15, -0.1) is 4.31 Å². The van der Waals surface area contributed by atoms with Gasteiger partial charge in [0.25, 0.3) is 0 Å². The molecule has 2 atom stereocenters. The summed E-state index contributed by atoms with van der Waals surface area (Å²) in [6, 6.07) is 7.43. The van der Waals surface area contributed by atoms with Gasteiger partial charge in [0, 0.05) is 6.54 Å². The van der Waals surface area contributed by atoms with Crippen LogP contribution in [-0.2, 0) is 11.4 Å². The van der Waals surface area contributed by atoms with Crippen LogP contribution in [0.1, 0.15) is 18.4 Å². The van der Waals surface area contributed by atoms with Gasteiger partial charge >= 0.3 is 0 Å². The van der Waals surface area contributed by atoms with Crippen molar-refractivity contribution in [2.24, 2.45) is 0 Å². The number of halogens is 1. The highest BCUT2D eigenvalue weighted by Crippen LogP contribution is 2.26. The minimum atomic E-state index is -1.20. The van der Waals surface area contributed by atoms with Crippen molar-refractivity contribution in [2.75, 3.05) is 13.2 Å². The Balaban J connectivity index is 2.12. The van der Waals surface area contributed by atoms with E-state index in [0.29, 0.717) is 0 Å². The predicted molar refractivity (Wildman–Crippen MR) is 63.3 cm³/mol. The van der Waals surface area contributed by atoms with Crippen molar-refractivity contribution in [1.82, 2.24) is 4.31 Å². The number of hydrogen-bond donors (Lipinski definition) is 0. The summed E-state index contributed by atoms with van der Waals surface area (Å²) < 4.78 is 26.7. The second-order valence-electron chi connectivity index (χ2n) is 4.15. The van der Waals surface area contributed by atoms with E-state index in [1.165, 1.54) is 0 Å². The Morgan fingerprint density at radius 3 is 2.75 bits per heavy atom. The van der Waals surface area contributed by atoms with Crippen molar-refractivity contribution in [3.8, 4) is 0 Å². The molecule has 16 heavy (non-hydrogen) atoms. The Hall–Kier alpha value is -0.580. The first kappa shape index (κ1) is 11.9. The van der Waals surface area contributed by atoms with Crippen LogP contribution in [0.2, 0.25) is 0 Å². The van der Waals surface area contributed by atoms with Gasteiger partial charge in [-0.2, -0.15) is 0 Å². The molecule has 4 heteroatoms. The van der Waals surface area contributed by atoms with Gasteiger partial charge in [-0.1, -0.05) is 17.7 Å². The maximum Gasteiger partial charge on any atom is 0.174 e. The van der Waals surface area contributed by atoms with Gasteiger partial charge in [-0.05, 0) is 31.9 Å². The first-order valence-electron chi connectivity index (χ1n) is 5.53. The molecular weight excluding hydrogens is 225 g/mol. The summed E-state index contributed by atoms with van der Waals surface area (Å²) in [7, 11) is 0.